The Kier molecular flexibility index (Phi) is 5.14. The van der Waals surface area contributed by atoms with Gasteiger partial charge in [0.25, 0.3) is 0 Å². The molecule has 0 bridgehead atoms. The molecule has 1 fully saturated rings. The van der Waals surface area contributed by atoms with Crippen LogP contribution in [0.2, 0.25) is 5.02 Å². The molecule has 3 rings (SSSR count). The third-order valence-corrected chi connectivity index (χ3v) is 5.18. The zero-order valence-corrected chi connectivity index (χ0v) is 16.1. The molecule has 1 aromatic carbocycles. The Bertz CT molecular complexity index is 823. The number of aromatic amines is 1. The van der Waals surface area contributed by atoms with Crippen molar-refractivity contribution in [3.05, 3.63) is 35.0 Å². The summed E-state index contributed by atoms with van der Waals surface area (Å²) in [6.45, 7) is 7.98. The highest BCUT2D eigenvalue weighted by atomic mass is 35.5. The molecule has 0 aliphatic carbocycles. The molecular formula is C19H24ClN3O3. The number of hydrogen-bond donors (Lipinski definition) is 1. The number of H-pyrrole nitrogens is 1. The SMILES string of the molecule is CCOC(=O)N1CCN(C(=O)C(C)(C)c2c[nH]c3ccc(Cl)cc23)CC1. The zero-order valence-electron chi connectivity index (χ0n) is 15.3. The van der Waals surface area contributed by atoms with Crippen LogP contribution < -0.4 is 0 Å². The molecular weight excluding hydrogens is 354 g/mol. The first-order valence-electron chi connectivity index (χ1n) is 8.82. The molecule has 1 aromatic heterocycles. The largest absolute Gasteiger partial charge is 0.450 e. The molecule has 2 amide bonds. The van der Waals surface area contributed by atoms with E-state index in [4.69, 9.17) is 16.3 Å². The monoisotopic (exact) mass is 377 g/mol. The normalized spacial score (nSPS) is 15.4. The average molecular weight is 378 g/mol. The van der Waals surface area contributed by atoms with Crippen molar-refractivity contribution in [1.82, 2.24) is 14.8 Å². The van der Waals surface area contributed by atoms with Crippen LogP contribution in [0.1, 0.15) is 26.3 Å². The number of nitrogens with zero attached hydrogens (tertiary/aromatic N) is 2. The molecule has 26 heavy (non-hydrogen) atoms. The van der Waals surface area contributed by atoms with Crippen LogP contribution in [0.4, 0.5) is 4.79 Å². The molecule has 2 aromatic rings. The van der Waals surface area contributed by atoms with E-state index >= 15 is 0 Å². The van der Waals surface area contributed by atoms with E-state index in [9.17, 15) is 9.59 Å². The van der Waals surface area contributed by atoms with Crippen molar-refractivity contribution in [2.75, 3.05) is 32.8 Å². The second-order valence-electron chi connectivity index (χ2n) is 7.00. The van der Waals surface area contributed by atoms with Crippen molar-refractivity contribution in [3.63, 3.8) is 0 Å². The lowest BCUT2D eigenvalue weighted by molar-refractivity contribution is -0.137. The highest BCUT2D eigenvalue weighted by Crippen LogP contribution is 2.33. The molecule has 1 aliphatic heterocycles. The molecule has 0 saturated carbocycles. The van der Waals surface area contributed by atoms with Gasteiger partial charge in [0.1, 0.15) is 0 Å². The number of carbonyl (C=O) groups is 2. The van der Waals surface area contributed by atoms with E-state index in [0.717, 1.165) is 16.5 Å². The molecule has 7 heteroatoms. The van der Waals surface area contributed by atoms with Gasteiger partial charge in [-0.3, -0.25) is 4.79 Å². The lowest BCUT2D eigenvalue weighted by Gasteiger charge is -2.38. The van der Waals surface area contributed by atoms with Gasteiger partial charge in [0.2, 0.25) is 5.91 Å². The summed E-state index contributed by atoms with van der Waals surface area (Å²) in [6.07, 6.45) is 1.57. The quantitative estimate of drug-likeness (QED) is 0.891. The molecule has 2 heterocycles. The number of nitrogens with one attached hydrogen (secondary N) is 1. The van der Waals surface area contributed by atoms with Crippen molar-refractivity contribution in [1.29, 1.82) is 0 Å². The molecule has 0 spiro atoms. The third-order valence-electron chi connectivity index (χ3n) is 4.94. The van der Waals surface area contributed by atoms with Crippen LogP contribution in [0.3, 0.4) is 0 Å². The van der Waals surface area contributed by atoms with Crippen molar-refractivity contribution < 1.29 is 14.3 Å². The summed E-state index contributed by atoms with van der Waals surface area (Å²) in [5.74, 6) is 0.0434. The van der Waals surface area contributed by atoms with Crippen molar-refractivity contribution >= 4 is 34.5 Å². The average Bonchev–Trinajstić information content (AvgIpc) is 3.05. The van der Waals surface area contributed by atoms with Crippen molar-refractivity contribution in [2.24, 2.45) is 0 Å². The first-order valence-corrected chi connectivity index (χ1v) is 9.20. The standard InChI is InChI=1S/C19H24ClN3O3/c1-4-26-18(25)23-9-7-22(8-10-23)17(24)19(2,3)15-12-21-16-6-5-13(20)11-14(15)16/h5-6,11-12,21H,4,7-10H2,1-3H3. The summed E-state index contributed by atoms with van der Waals surface area (Å²) in [5, 5.41) is 1.60. The lowest BCUT2D eigenvalue weighted by Crippen LogP contribution is -2.54. The van der Waals surface area contributed by atoms with Crippen LogP contribution >= 0.6 is 11.6 Å². The number of piperazine rings is 1. The summed E-state index contributed by atoms with van der Waals surface area (Å²) in [6, 6.07) is 5.63. The van der Waals surface area contributed by atoms with E-state index < -0.39 is 5.41 Å². The summed E-state index contributed by atoms with van der Waals surface area (Å²) < 4.78 is 5.03. The van der Waals surface area contributed by atoms with Crippen molar-refractivity contribution in [3.8, 4) is 0 Å². The van der Waals surface area contributed by atoms with Gasteiger partial charge in [0, 0.05) is 48.3 Å². The summed E-state index contributed by atoms with van der Waals surface area (Å²) in [7, 11) is 0. The molecule has 1 N–H and O–H groups in total. The Morgan fingerprint density at radius 1 is 1.19 bits per heavy atom. The molecule has 1 aliphatic rings. The number of benzene rings is 1. The first kappa shape index (κ1) is 18.6. The number of halogens is 1. The number of fused-ring (bicyclic) bond motifs is 1. The van der Waals surface area contributed by atoms with Crippen LogP contribution in [0.25, 0.3) is 10.9 Å². The van der Waals surface area contributed by atoms with Crippen LogP contribution in [0.15, 0.2) is 24.4 Å². The van der Waals surface area contributed by atoms with E-state index in [1.165, 1.54) is 0 Å². The van der Waals surface area contributed by atoms with Gasteiger partial charge in [-0.25, -0.2) is 4.79 Å². The van der Waals surface area contributed by atoms with Gasteiger partial charge < -0.3 is 19.5 Å². The summed E-state index contributed by atoms with van der Waals surface area (Å²) in [4.78, 5) is 31.7. The van der Waals surface area contributed by atoms with E-state index in [0.29, 0.717) is 37.8 Å². The Morgan fingerprint density at radius 3 is 2.50 bits per heavy atom. The fourth-order valence-electron chi connectivity index (χ4n) is 3.43. The second kappa shape index (κ2) is 7.19. The Hall–Kier alpha value is -2.21. The first-order chi connectivity index (χ1) is 12.3. The number of amides is 2. The Balaban J connectivity index is 1.76. The van der Waals surface area contributed by atoms with Crippen LogP contribution in [0, 0.1) is 0 Å². The van der Waals surface area contributed by atoms with E-state index in [2.05, 4.69) is 4.98 Å². The number of hydrogen-bond acceptors (Lipinski definition) is 3. The summed E-state index contributed by atoms with van der Waals surface area (Å²) in [5.41, 5.74) is 1.18. The molecule has 6 nitrogen and oxygen atoms in total. The fourth-order valence-corrected chi connectivity index (χ4v) is 3.60. The topological polar surface area (TPSA) is 65.6 Å². The number of ether oxygens (including phenoxy) is 1. The predicted octanol–water partition coefficient (Wildman–Crippen LogP) is 3.40. The maximum absolute atomic E-state index is 13.2. The Morgan fingerprint density at radius 2 is 1.85 bits per heavy atom. The maximum Gasteiger partial charge on any atom is 0.409 e. The minimum Gasteiger partial charge on any atom is -0.450 e. The second-order valence-corrected chi connectivity index (χ2v) is 7.43. The zero-order chi connectivity index (χ0) is 18.9. The minimum absolute atomic E-state index is 0.0434. The molecule has 140 valence electrons. The van der Waals surface area contributed by atoms with Gasteiger partial charge in [0.15, 0.2) is 0 Å². The van der Waals surface area contributed by atoms with Gasteiger partial charge in [-0.05, 0) is 44.5 Å². The van der Waals surface area contributed by atoms with E-state index in [-0.39, 0.29) is 12.0 Å². The van der Waals surface area contributed by atoms with Gasteiger partial charge in [0.05, 0.1) is 12.0 Å². The van der Waals surface area contributed by atoms with Gasteiger partial charge >= 0.3 is 6.09 Å². The van der Waals surface area contributed by atoms with Crippen LogP contribution in [-0.2, 0) is 14.9 Å². The number of aromatic nitrogens is 1. The van der Waals surface area contributed by atoms with Crippen LogP contribution in [-0.4, -0.2) is 59.6 Å². The fraction of sp³-hybridized carbons (Fsp3) is 0.474. The summed E-state index contributed by atoms with van der Waals surface area (Å²) >= 11 is 6.14. The van der Waals surface area contributed by atoms with Crippen LogP contribution in [0.5, 0.6) is 0 Å². The van der Waals surface area contributed by atoms with Crippen molar-refractivity contribution in [2.45, 2.75) is 26.2 Å². The smallest absolute Gasteiger partial charge is 0.409 e. The lowest BCUT2D eigenvalue weighted by atomic mass is 9.82. The van der Waals surface area contributed by atoms with Gasteiger partial charge in [-0.15, -0.1) is 0 Å². The van der Waals surface area contributed by atoms with E-state index in [1.54, 1.807) is 11.8 Å². The molecule has 1 saturated heterocycles. The molecule has 0 atom stereocenters. The number of rotatable bonds is 3. The molecule has 0 unspecified atom stereocenters. The van der Waals surface area contributed by atoms with Gasteiger partial charge in [-0.2, -0.15) is 0 Å². The third kappa shape index (κ3) is 3.38. The van der Waals surface area contributed by atoms with Gasteiger partial charge in [-0.1, -0.05) is 11.6 Å². The predicted molar refractivity (Wildman–Crippen MR) is 102 cm³/mol. The molecule has 0 radical (unpaired) electrons. The minimum atomic E-state index is -0.699. The number of carbonyl (C=O) groups excluding carboxylic acids is 2. The highest BCUT2D eigenvalue weighted by Gasteiger charge is 2.37. The Labute approximate surface area is 158 Å². The highest BCUT2D eigenvalue weighted by molar-refractivity contribution is 6.31. The maximum atomic E-state index is 13.2. The van der Waals surface area contributed by atoms with E-state index in [1.807, 2.05) is 43.1 Å².